The highest BCUT2D eigenvalue weighted by molar-refractivity contribution is 5.95. The zero-order chi connectivity index (χ0) is 14.4. The van der Waals surface area contributed by atoms with Gasteiger partial charge < -0.3 is 10.0 Å². The van der Waals surface area contributed by atoms with E-state index in [1.165, 1.54) is 6.92 Å². The van der Waals surface area contributed by atoms with Crippen LogP contribution in [0.25, 0.3) is 0 Å². The number of hydrogen-bond donors (Lipinski definition) is 1. The molecule has 19 heavy (non-hydrogen) atoms. The van der Waals surface area contributed by atoms with Gasteiger partial charge in [0.1, 0.15) is 5.82 Å². The van der Waals surface area contributed by atoms with E-state index < -0.39 is 34.6 Å². The molecule has 0 aliphatic carbocycles. The average Bonchev–Trinajstić information content (AvgIpc) is 2.23. The number of rotatable bonds is 1. The van der Waals surface area contributed by atoms with Crippen molar-refractivity contribution in [1.82, 2.24) is 4.90 Å². The summed E-state index contributed by atoms with van der Waals surface area (Å²) in [7, 11) is 0. The number of hydrogen-bond acceptors (Lipinski definition) is 2. The molecule has 1 saturated heterocycles. The molecule has 1 aromatic carbocycles. The predicted molar refractivity (Wildman–Crippen MR) is 57.9 cm³/mol. The van der Waals surface area contributed by atoms with Crippen molar-refractivity contribution < 1.29 is 27.5 Å². The summed E-state index contributed by atoms with van der Waals surface area (Å²) in [4.78, 5) is 12.9. The Bertz CT molecular complexity index is 517. The fourth-order valence-corrected chi connectivity index (χ4v) is 2.01. The first kappa shape index (κ1) is 13.8. The first-order valence-electron chi connectivity index (χ1n) is 5.49. The number of halogens is 4. The van der Waals surface area contributed by atoms with Crippen LogP contribution in [0.2, 0.25) is 0 Å². The second-order valence-corrected chi connectivity index (χ2v) is 4.82. The van der Waals surface area contributed by atoms with Crippen molar-refractivity contribution in [3.63, 3.8) is 0 Å². The molecule has 1 aliphatic heterocycles. The molecule has 0 radical (unpaired) electrons. The van der Waals surface area contributed by atoms with Gasteiger partial charge in [0.05, 0.1) is 29.8 Å². The Morgan fingerprint density at radius 2 is 1.95 bits per heavy atom. The lowest BCUT2D eigenvalue weighted by Crippen LogP contribution is -2.61. The Labute approximate surface area is 106 Å². The standard InChI is InChI=1S/C12H11F4NO2/c1-11(19)5-17(6-11)10(18)7-3-2-4-8(9(7)13)12(14,15)16/h2-4,19H,5-6H2,1H3. The lowest BCUT2D eigenvalue weighted by atomic mass is 9.95. The monoisotopic (exact) mass is 277 g/mol. The highest BCUT2D eigenvalue weighted by atomic mass is 19.4. The molecule has 0 unspecified atom stereocenters. The van der Waals surface area contributed by atoms with Gasteiger partial charge in [-0.05, 0) is 19.1 Å². The summed E-state index contributed by atoms with van der Waals surface area (Å²) in [5, 5.41) is 9.46. The third kappa shape index (κ3) is 2.56. The summed E-state index contributed by atoms with van der Waals surface area (Å²) in [6.45, 7) is 1.43. The summed E-state index contributed by atoms with van der Waals surface area (Å²) < 4.78 is 51.2. The van der Waals surface area contributed by atoms with Crippen LogP contribution in [-0.2, 0) is 6.18 Å². The molecule has 104 valence electrons. The molecule has 1 aromatic rings. The fraction of sp³-hybridized carbons (Fsp3) is 0.417. The molecule has 0 bridgehead atoms. The summed E-state index contributed by atoms with van der Waals surface area (Å²) in [5.41, 5.74) is -3.16. The highest BCUT2D eigenvalue weighted by Crippen LogP contribution is 2.33. The lowest BCUT2D eigenvalue weighted by molar-refractivity contribution is -0.140. The van der Waals surface area contributed by atoms with E-state index in [1.807, 2.05) is 0 Å². The van der Waals surface area contributed by atoms with E-state index in [9.17, 15) is 27.5 Å². The minimum Gasteiger partial charge on any atom is -0.386 e. The summed E-state index contributed by atoms with van der Waals surface area (Å²) in [5.74, 6) is -2.43. The second kappa shape index (κ2) is 4.19. The van der Waals surface area contributed by atoms with Crippen molar-refractivity contribution in [1.29, 1.82) is 0 Å². The molecule has 3 nitrogen and oxygen atoms in total. The van der Waals surface area contributed by atoms with Crippen molar-refractivity contribution in [2.45, 2.75) is 18.7 Å². The topological polar surface area (TPSA) is 40.5 Å². The third-order valence-corrected chi connectivity index (χ3v) is 2.88. The molecule has 0 aromatic heterocycles. The Morgan fingerprint density at radius 1 is 1.37 bits per heavy atom. The lowest BCUT2D eigenvalue weighted by Gasteiger charge is -2.44. The number of nitrogens with zero attached hydrogens (tertiary/aromatic N) is 1. The van der Waals surface area contributed by atoms with Crippen LogP contribution in [0, 0.1) is 5.82 Å². The van der Waals surface area contributed by atoms with Gasteiger partial charge in [0, 0.05) is 0 Å². The normalized spacial score (nSPS) is 18.1. The Kier molecular flexibility index (Phi) is 3.04. The highest BCUT2D eigenvalue weighted by Gasteiger charge is 2.42. The van der Waals surface area contributed by atoms with Crippen LogP contribution in [0.4, 0.5) is 17.6 Å². The van der Waals surface area contributed by atoms with E-state index in [0.29, 0.717) is 6.07 Å². The molecule has 1 N–H and O–H groups in total. The molecule has 0 spiro atoms. The van der Waals surface area contributed by atoms with Gasteiger partial charge in [0.25, 0.3) is 5.91 Å². The number of β-amino-alcohol motifs (C(OH)–C–C–N with tert-alkyl or cyclic N) is 1. The first-order chi connectivity index (χ1) is 8.62. The van der Waals surface area contributed by atoms with Gasteiger partial charge in [-0.2, -0.15) is 13.2 Å². The van der Waals surface area contributed by atoms with E-state index in [0.717, 1.165) is 17.0 Å². The fourth-order valence-electron chi connectivity index (χ4n) is 2.01. The molecular weight excluding hydrogens is 266 g/mol. The van der Waals surface area contributed by atoms with Gasteiger partial charge in [-0.15, -0.1) is 0 Å². The molecule has 1 amide bonds. The van der Waals surface area contributed by atoms with Gasteiger partial charge in [0.2, 0.25) is 0 Å². The number of amides is 1. The van der Waals surface area contributed by atoms with E-state index in [-0.39, 0.29) is 13.1 Å². The zero-order valence-electron chi connectivity index (χ0n) is 9.96. The van der Waals surface area contributed by atoms with Gasteiger partial charge in [-0.1, -0.05) is 6.07 Å². The summed E-state index contributed by atoms with van der Waals surface area (Å²) in [6.07, 6.45) is -4.85. The molecule has 7 heteroatoms. The van der Waals surface area contributed by atoms with Gasteiger partial charge in [0.15, 0.2) is 0 Å². The van der Waals surface area contributed by atoms with Gasteiger partial charge in [-0.3, -0.25) is 4.79 Å². The third-order valence-electron chi connectivity index (χ3n) is 2.88. The second-order valence-electron chi connectivity index (χ2n) is 4.82. The van der Waals surface area contributed by atoms with Crippen molar-refractivity contribution >= 4 is 5.91 Å². The Balaban J connectivity index is 2.29. The summed E-state index contributed by atoms with van der Waals surface area (Å²) in [6, 6.07) is 2.56. The van der Waals surface area contributed by atoms with Crippen molar-refractivity contribution in [3.8, 4) is 0 Å². The number of benzene rings is 1. The molecule has 0 atom stereocenters. The Hall–Kier alpha value is -1.63. The maximum atomic E-state index is 13.7. The number of alkyl halides is 3. The Morgan fingerprint density at radius 3 is 2.42 bits per heavy atom. The smallest absolute Gasteiger partial charge is 0.386 e. The average molecular weight is 277 g/mol. The number of aliphatic hydroxyl groups is 1. The van der Waals surface area contributed by atoms with E-state index in [1.54, 1.807) is 0 Å². The van der Waals surface area contributed by atoms with Crippen molar-refractivity contribution in [3.05, 3.63) is 35.1 Å². The van der Waals surface area contributed by atoms with Crippen LogP contribution < -0.4 is 0 Å². The molecule has 1 aliphatic rings. The van der Waals surface area contributed by atoms with Crippen LogP contribution in [0.5, 0.6) is 0 Å². The minimum atomic E-state index is -4.85. The number of carbonyl (C=O) groups excluding carboxylic acids is 1. The largest absolute Gasteiger partial charge is 0.419 e. The van der Waals surface area contributed by atoms with Crippen molar-refractivity contribution in [2.75, 3.05) is 13.1 Å². The number of likely N-dealkylation sites (tertiary alicyclic amines) is 1. The molecule has 2 rings (SSSR count). The molecule has 0 saturated carbocycles. The minimum absolute atomic E-state index is 0.0263. The van der Waals surface area contributed by atoms with E-state index >= 15 is 0 Å². The predicted octanol–water partition coefficient (Wildman–Crippen LogP) is 2.05. The van der Waals surface area contributed by atoms with Crippen molar-refractivity contribution in [2.24, 2.45) is 0 Å². The maximum Gasteiger partial charge on any atom is 0.419 e. The van der Waals surface area contributed by atoms with Gasteiger partial charge in [-0.25, -0.2) is 4.39 Å². The van der Waals surface area contributed by atoms with E-state index in [2.05, 4.69) is 0 Å². The summed E-state index contributed by atoms with van der Waals surface area (Å²) >= 11 is 0. The quantitative estimate of drug-likeness (QED) is 0.798. The first-order valence-corrected chi connectivity index (χ1v) is 5.49. The van der Waals surface area contributed by atoms with Gasteiger partial charge >= 0.3 is 6.18 Å². The van der Waals surface area contributed by atoms with Crippen LogP contribution in [-0.4, -0.2) is 34.6 Å². The maximum absolute atomic E-state index is 13.7. The zero-order valence-corrected chi connectivity index (χ0v) is 9.96. The van der Waals surface area contributed by atoms with Crippen LogP contribution in [0.1, 0.15) is 22.8 Å². The van der Waals surface area contributed by atoms with Crippen LogP contribution >= 0.6 is 0 Å². The molecule has 1 fully saturated rings. The van der Waals surface area contributed by atoms with Crippen LogP contribution in [0.3, 0.4) is 0 Å². The molecule has 1 heterocycles. The molecular formula is C12H11F4NO2. The van der Waals surface area contributed by atoms with E-state index in [4.69, 9.17) is 0 Å². The number of carbonyl (C=O) groups is 1. The van der Waals surface area contributed by atoms with Crippen LogP contribution in [0.15, 0.2) is 18.2 Å². The SMILES string of the molecule is CC1(O)CN(C(=O)c2cccc(C(F)(F)F)c2F)C1.